The maximum atomic E-state index is 12.8. The molecule has 31 heavy (non-hydrogen) atoms. The first-order valence-corrected chi connectivity index (χ1v) is 12.0. The molecular formula is C22H20F3NO3SSe. The number of hydrogen-bond donors (Lipinski definition) is 1. The SMILES string of the molecule is Cc1cc(SCc2[se]c(-c3ccc(C(F)(F)F)cc3)nc2C)ccc1OC(C)C(=O)O. The second kappa shape index (κ2) is 9.51. The molecule has 0 saturated heterocycles. The molecule has 0 bridgehead atoms. The van der Waals surface area contributed by atoms with Gasteiger partial charge in [-0.3, -0.25) is 0 Å². The minimum absolute atomic E-state index is 0.0498. The Hall–Kier alpha value is -2.22. The van der Waals surface area contributed by atoms with Crippen LogP contribution >= 0.6 is 11.8 Å². The van der Waals surface area contributed by atoms with E-state index >= 15 is 0 Å². The number of benzene rings is 2. The Morgan fingerprint density at radius 2 is 1.87 bits per heavy atom. The average molecular weight is 514 g/mol. The van der Waals surface area contributed by atoms with Crippen molar-refractivity contribution in [2.45, 2.75) is 43.7 Å². The van der Waals surface area contributed by atoms with Crippen molar-refractivity contribution in [3.8, 4) is 15.9 Å². The molecule has 1 aromatic heterocycles. The van der Waals surface area contributed by atoms with Gasteiger partial charge in [0, 0.05) is 0 Å². The van der Waals surface area contributed by atoms with Crippen LogP contribution in [0.1, 0.15) is 28.2 Å². The van der Waals surface area contributed by atoms with Gasteiger partial charge in [0.05, 0.1) is 0 Å². The molecule has 0 aliphatic carbocycles. The number of rotatable bonds is 7. The van der Waals surface area contributed by atoms with Gasteiger partial charge in [-0.25, -0.2) is 0 Å². The zero-order valence-corrected chi connectivity index (χ0v) is 19.5. The summed E-state index contributed by atoms with van der Waals surface area (Å²) in [6.07, 6.45) is -5.27. The van der Waals surface area contributed by atoms with Crippen LogP contribution in [-0.4, -0.2) is 36.7 Å². The number of carbonyl (C=O) groups is 1. The molecule has 1 atom stereocenters. The molecular weight excluding hydrogens is 494 g/mol. The van der Waals surface area contributed by atoms with Crippen LogP contribution in [0.5, 0.6) is 5.75 Å². The first-order valence-electron chi connectivity index (χ1n) is 9.31. The third-order valence-corrected chi connectivity index (χ3v) is 8.48. The zero-order chi connectivity index (χ0) is 22.8. The van der Waals surface area contributed by atoms with E-state index in [0.29, 0.717) is 5.75 Å². The molecule has 3 rings (SSSR count). The number of carboxylic acid groups (broad SMARTS) is 1. The molecule has 4 nitrogen and oxygen atoms in total. The summed E-state index contributed by atoms with van der Waals surface area (Å²) in [6, 6.07) is 10.7. The minimum atomic E-state index is -4.35. The number of hydrogen-bond acceptors (Lipinski definition) is 4. The summed E-state index contributed by atoms with van der Waals surface area (Å²) in [5.74, 6) is 0.241. The molecule has 0 fully saturated rings. The van der Waals surface area contributed by atoms with Crippen LogP contribution in [0.15, 0.2) is 47.4 Å². The summed E-state index contributed by atoms with van der Waals surface area (Å²) < 4.78 is 45.7. The number of halogens is 3. The molecule has 0 amide bonds. The number of thioether (sulfide) groups is 1. The monoisotopic (exact) mass is 515 g/mol. The Morgan fingerprint density at radius 1 is 1.19 bits per heavy atom. The summed E-state index contributed by atoms with van der Waals surface area (Å²) in [7, 11) is 0. The van der Waals surface area contributed by atoms with Crippen molar-refractivity contribution in [1.82, 2.24) is 4.98 Å². The number of ether oxygens (including phenoxy) is 1. The van der Waals surface area contributed by atoms with Crippen molar-refractivity contribution in [2.75, 3.05) is 0 Å². The van der Waals surface area contributed by atoms with Gasteiger partial charge < -0.3 is 0 Å². The number of carboxylic acids is 1. The topological polar surface area (TPSA) is 59.4 Å². The van der Waals surface area contributed by atoms with Gasteiger partial charge in [0.15, 0.2) is 0 Å². The van der Waals surface area contributed by atoms with Crippen molar-refractivity contribution in [3.05, 3.63) is 63.7 Å². The second-order valence-corrected chi connectivity index (χ2v) is 10.2. The van der Waals surface area contributed by atoms with Crippen LogP contribution in [0, 0.1) is 13.8 Å². The number of aromatic nitrogens is 1. The fourth-order valence-corrected chi connectivity index (χ4v) is 6.26. The summed E-state index contributed by atoms with van der Waals surface area (Å²) in [4.78, 5) is 16.6. The van der Waals surface area contributed by atoms with Gasteiger partial charge in [-0.2, -0.15) is 0 Å². The van der Waals surface area contributed by atoms with E-state index in [1.165, 1.54) is 23.5 Å². The number of aliphatic carboxylic acids is 1. The van der Waals surface area contributed by atoms with Crippen molar-refractivity contribution in [3.63, 3.8) is 0 Å². The number of alkyl halides is 3. The van der Waals surface area contributed by atoms with Crippen molar-refractivity contribution in [2.24, 2.45) is 0 Å². The molecule has 0 aliphatic heterocycles. The van der Waals surface area contributed by atoms with Gasteiger partial charge in [-0.05, 0) is 0 Å². The van der Waals surface area contributed by atoms with E-state index in [1.807, 2.05) is 26.0 Å². The van der Waals surface area contributed by atoms with Crippen LogP contribution in [0.25, 0.3) is 10.1 Å². The predicted molar refractivity (Wildman–Crippen MR) is 115 cm³/mol. The molecule has 1 N–H and O–H groups in total. The van der Waals surface area contributed by atoms with Gasteiger partial charge >= 0.3 is 188 Å². The van der Waals surface area contributed by atoms with Gasteiger partial charge in [0.2, 0.25) is 0 Å². The van der Waals surface area contributed by atoms with Crippen LogP contribution in [0.2, 0.25) is 0 Å². The Kier molecular flexibility index (Phi) is 7.19. The molecule has 1 heterocycles. The fraction of sp³-hybridized carbons (Fsp3) is 0.273. The third kappa shape index (κ3) is 5.93. The van der Waals surface area contributed by atoms with E-state index in [4.69, 9.17) is 9.84 Å². The van der Waals surface area contributed by atoms with Gasteiger partial charge in [-0.1, -0.05) is 0 Å². The normalized spacial score (nSPS) is 12.6. The van der Waals surface area contributed by atoms with E-state index in [9.17, 15) is 18.0 Å². The summed E-state index contributed by atoms with van der Waals surface area (Å²) in [5.41, 5.74) is 1.82. The molecule has 3 aromatic rings. The van der Waals surface area contributed by atoms with Gasteiger partial charge in [0.1, 0.15) is 0 Å². The Balaban J connectivity index is 1.68. The van der Waals surface area contributed by atoms with Crippen LogP contribution < -0.4 is 4.74 Å². The molecule has 0 aliphatic rings. The van der Waals surface area contributed by atoms with E-state index in [0.717, 1.165) is 44.2 Å². The van der Waals surface area contributed by atoms with Gasteiger partial charge in [-0.15, -0.1) is 0 Å². The molecule has 0 saturated carbocycles. The predicted octanol–water partition coefficient (Wildman–Crippen LogP) is 5.59. The van der Waals surface area contributed by atoms with E-state index in [-0.39, 0.29) is 14.5 Å². The van der Waals surface area contributed by atoms with E-state index in [2.05, 4.69) is 4.98 Å². The van der Waals surface area contributed by atoms with E-state index in [1.54, 1.807) is 17.8 Å². The molecule has 0 spiro atoms. The molecule has 9 heteroatoms. The molecule has 1 unspecified atom stereocenters. The second-order valence-electron chi connectivity index (χ2n) is 6.92. The molecule has 2 aromatic carbocycles. The van der Waals surface area contributed by atoms with Crippen molar-refractivity contribution >= 4 is 32.2 Å². The zero-order valence-electron chi connectivity index (χ0n) is 17.0. The van der Waals surface area contributed by atoms with Crippen LogP contribution in [-0.2, 0) is 16.7 Å². The summed E-state index contributed by atoms with van der Waals surface area (Å²) in [5, 5.41) is 8.98. The maximum absolute atomic E-state index is 12.8. The quantitative estimate of drug-likeness (QED) is 0.329. The van der Waals surface area contributed by atoms with E-state index < -0.39 is 23.8 Å². The Morgan fingerprint density at radius 3 is 2.45 bits per heavy atom. The molecule has 164 valence electrons. The van der Waals surface area contributed by atoms with Crippen molar-refractivity contribution < 1.29 is 27.8 Å². The standard InChI is InChI=1S/C22H20F3NO3SSe/c1-12-10-17(8-9-18(12)29-14(3)21(27)28)30-11-19-13(2)26-20(31-19)15-4-6-16(7-5-15)22(23,24)25/h4-10,14H,11H2,1-3H3,(H,27,28). The Bertz CT molecular complexity index is 1080. The molecule has 0 radical (unpaired) electrons. The third-order valence-electron chi connectivity index (χ3n) is 4.52. The summed E-state index contributed by atoms with van der Waals surface area (Å²) >= 11 is 1.59. The first kappa shape index (κ1) is 23.4. The first-order chi connectivity index (χ1) is 14.5. The number of aryl methyl sites for hydroxylation is 2. The van der Waals surface area contributed by atoms with Gasteiger partial charge in [0.25, 0.3) is 0 Å². The Labute approximate surface area is 188 Å². The number of nitrogens with zero attached hydrogens (tertiary/aromatic N) is 1. The average Bonchev–Trinajstić information content (AvgIpc) is 3.08. The van der Waals surface area contributed by atoms with Crippen LogP contribution in [0.3, 0.4) is 0 Å². The van der Waals surface area contributed by atoms with Crippen molar-refractivity contribution in [1.29, 1.82) is 0 Å². The van der Waals surface area contributed by atoms with Crippen LogP contribution in [0.4, 0.5) is 13.2 Å². The summed E-state index contributed by atoms with van der Waals surface area (Å²) in [6.45, 7) is 5.27. The fourth-order valence-electron chi connectivity index (χ4n) is 2.72.